The van der Waals surface area contributed by atoms with Gasteiger partial charge in [-0.1, -0.05) is 50.1 Å². The van der Waals surface area contributed by atoms with Crippen LogP contribution in [-0.2, 0) is 0 Å². The van der Waals surface area contributed by atoms with Crippen LogP contribution >= 0.6 is 11.6 Å². The Morgan fingerprint density at radius 3 is 2.42 bits per heavy atom. The Labute approximate surface area is 230 Å². The number of nitrogens with one attached hydrogen (secondary N) is 2. The summed E-state index contributed by atoms with van der Waals surface area (Å²) in [4.78, 5) is 23.6. The number of nitrogens with two attached hydrogens (primary N) is 1. The summed E-state index contributed by atoms with van der Waals surface area (Å²) in [5.74, 6) is -0.00944. The molecular weight excluding hydrogens is 500 g/mol. The Morgan fingerprint density at radius 2 is 1.74 bits per heavy atom. The van der Waals surface area contributed by atoms with Gasteiger partial charge >= 0.3 is 0 Å². The number of aromatic nitrogens is 3. The number of fused-ring (bicyclic) bond motifs is 1. The van der Waals surface area contributed by atoms with Crippen molar-refractivity contribution in [3.63, 3.8) is 0 Å². The molecular formula is C28H43ClN8O. The summed E-state index contributed by atoms with van der Waals surface area (Å²) in [6.07, 6.45) is 17.3. The van der Waals surface area contributed by atoms with E-state index in [1.54, 1.807) is 6.20 Å². The molecule has 6 rings (SSSR count). The van der Waals surface area contributed by atoms with E-state index in [1.165, 1.54) is 94.4 Å². The molecule has 4 N–H and O–H groups in total. The summed E-state index contributed by atoms with van der Waals surface area (Å²) in [7, 11) is 0. The molecule has 2 aromatic rings. The van der Waals surface area contributed by atoms with Gasteiger partial charge in [-0.2, -0.15) is 0 Å². The van der Waals surface area contributed by atoms with Crippen LogP contribution in [0.4, 0.5) is 5.82 Å². The van der Waals surface area contributed by atoms with Crippen LogP contribution in [0.5, 0.6) is 0 Å². The third-order valence-corrected chi connectivity index (χ3v) is 9.96. The van der Waals surface area contributed by atoms with Gasteiger partial charge in [-0.25, -0.2) is 9.50 Å². The standard InChI is InChI=1S/C28H43ClN8O/c29-20-16-32-26-23(25(30)34-37(26)18-20)27(38)33-22-17-31-19-28(10-5-3-1-2-4-6-11-28)24(22)36-14-8-21(9-15-36)35-12-7-13-35/h16,18,21-22,24,31H,1-15,17,19H2,(H2,30,34)(H,33,38). The molecule has 2 aromatic heterocycles. The highest BCUT2D eigenvalue weighted by Gasteiger charge is 2.49. The number of rotatable bonds is 4. The first-order valence-corrected chi connectivity index (χ1v) is 15.2. The number of piperidine rings is 2. The number of hydrogen-bond donors (Lipinski definition) is 3. The molecule has 1 saturated carbocycles. The fraction of sp³-hybridized carbons (Fsp3) is 0.750. The van der Waals surface area contributed by atoms with E-state index in [-0.39, 0.29) is 23.2 Å². The largest absolute Gasteiger partial charge is 0.381 e. The Bertz CT molecular complexity index is 1120. The van der Waals surface area contributed by atoms with E-state index >= 15 is 0 Å². The topological polar surface area (TPSA) is 104 Å². The van der Waals surface area contributed by atoms with Crippen LogP contribution in [0.2, 0.25) is 5.02 Å². The van der Waals surface area contributed by atoms with Gasteiger partial charge in [0.2, 0.25) is 0 Å². The number of likely N-dealkylation sites (tertiary alicyclic amines) is 2. The zero-order chi connectivity index (χ0) is 26.1. The van der Waals surface area contributed by atoms with Crippen molar-refractivity contribution in [1.82, 2.24) is 35.0 Å². The first-order valence-electron chi connectivity index (χ1n) is 14.8. The average Bonchev–Trinajstić information content (AvgIpc) is 3.25. The predicted octanol–water partition coefficient (Wildman–Crippen LogP) is 3.33. The second-order valence-corrected chi connectivity index (χ2v) is 12.5. The van der Waals surface area contributed by atoms with Gasteiger partial charge in [-0.15, -0.1) is 5.10 Å². The second-order valence-electron chi connectivity index (χ2n) is 12.1. The van der Waals surface area contributed by atoms with Crippen molar-refractivity contribution in [3.05, 3.63) is 23.0 Å². The van der Waals surface area contributed by atoms with Crippen LogP contribution < -0.4 is 16.4 Å². The maximum absolute atomic E-state index is 13.8. The molecule has 1 aliphatic carbocycles. The van der Waals surface area contributed by atoms with E-state index < -0.39 is 0 Å². The molecule has 0 aromatic carbocycles. The van der Waals surface area contributed by atoms with Gasteiger partial charge in [-0.05, 0) is 45.2 Å². The summed E-state index contributed by atoms with van der Waals surface area (Å²) >= 11 is 6.10. The van der Waals surface area contributed by atoms with E-state index in [0.717, 1.165) is 32.2 Å². The quantitative estimate of drug-likeness (QED) is 0.544. The Morgan fingerprint density at radius 1 is 1.03 bits per heavy atom. The van der Waals surface area contributed by atoms with Gasteiger partial charge < -0.3 is 21.3 Å². The molecule has 5 heterocycles. The molecule has 208 valence electrons. The van der Waals surface area contributed by atoms with Crippen molar-refractivity contribution >= 4 is 29.0 Å². The second kappa shape index (κ2) is 11.3. The van der Waals surface area contributed by atoms with Gasteiger partial charge in [0.1, 0.15) is 5.56 Å². The van der Waals surface area contributed by atoms with E-state index in [4.69, 9.17) is 17.3 Å². The maximum atomic E-state index is 13.8. The number of carbonyl (C=O) groups is 1. The molecule has 2 atom stereocenters. The van der Waals surface area contributed by atoms with E-state index in [1.807, 2.05) is 0 Å². The molecule has 1 amide bonds. The molecule has 10 heteroatoms. The minimum absolute atomic E-state index is 0.000729. The fourth-order valence-electron chi connectivity index (χ4n) is 7.77. The number of amides is 1. The minimum atomic E-state index is -0.195. The lowest BCUT2D eigenvalue weighted by Gasteiger charge is -2.55. The van der Waals surface area contributed by atoms with Gasteiger partial charge in [0.05, 0.1) is 17.3 Å². The number of nitrogens with zero attached hydrogens (tertiary/aromatic N) is 5. The summed E-state index contributed by atoms with van der Waals surface area (Å²) in [5, 5.41) is 11.9. The van der Waals surface area contributed by atoms with Crippen molar-refractivity contribution in [1.29, 1.82) is 0 Å². The SMILES string of the molecule is Nc1nn2cc(Cl)cnc2c1C(=O)NC1CNCC2(CCCCCCCC2)C1N1CCC(N2CCC2)CC1. The summed E-state index contributed by atoms with van der Waals surface area (Å²) in [6.45, 7) is 6.55. The van der Waals surface area contributed by atoms with Crippen LogP contribution in [0.3, 0.4) is 0 Å². The van der Waals surface area contributed by atoms with Crippen LogP contribution in [0.25, 0.3) is 5.65 Å². The van der Waals surface area contributed by atoms with Crippen molar-refractivity contribution < 1.29 is 4.79 Å². The third-order valence-electron chi connectivity index (χ3n) is 9.76. The molecule has 3 aliphatic heterocycles. The van der Waals surface area contributed by atoms with Crippen molar-refractivity contribution in [3.8, 4) is 0 Å². The minimum Gasteiger partial charge on any atom is -0.381 e. The molecule has 1 spiro atoms. The van der Waals surface area contributed by atoms with Crippen LogP contribution in [-0.4, -0.2) is 87.7 Å². The number of hydrogen-bond acceptors (Lipinski definition) is 7. The van der Waals surface area contributed by atoms with Crippen LogP contribution in [0, 0.1) is 5.41 Å². The summed E-state index contributed by atoms with van der Waals surface area (Å²) in [5.41, 5.74) is 7.18. The normalized spacial score (nSPS) is 27.9. The lowest BCUT2D eigenvalue weighted by atomic mass is 9.67. The van der Waals surface area contributed by atoms with E-state index in [2.05, 4.69) is 30.5 Å². The molecule has 0 bridgehead atoms. The Kier molecular flexibility index (Phi) is 7.80. The lowest BCUT2D eigenvalue weighted by molar-refractivity contribution is -0.0299. The van der Waals surface area contributed by atoms with Crippen LogP contribution in [0.1, 0.15) is 81.0 Å². The first-order chi connectivity index (χ1) is 18.5. The predicted molar refractivity (Wildman–Crippen MR) is 150 cm³/mol. The highest BCUT2D eigenvalue weighted by atomic mass is 35.5. The molecule has 4 aliphatic rings. The summed E-state index contributed by atoms with van der Waals surface area (Å²) < 4.78 is 1.50. The number of carbonyl (C=O) groups excluding carboxylic acids is 1. The molecule has 38 heavy (non-hydrogen) atoms. The van der Waals surface area contributed by atoms with Gasteiger partial charge in [0.15, 0.2) is 11.5 Å². The van der Waals surface area contributed by atoms with Crippen LogP contribution in [0.15, 0.2) is 12.4 Å². The smallest absolute Gasteiger partial charge is 0.259 e. The van der Waals surface area contributed by atoms with Gasteiger partial charge in [-0.3, -0.25) is 9.69 Å². The number of anilines is 1. The Hall–Kier alpha value is -1.94. The molecule has 9 nitrogen and oxygen atoms in total. The number of nitrogen functional groups attached to an aromatic ring is 1. The van der Waals surface area contributed by atoms with Crippen molar-refractivity contribution in [2.75, 3.05) is 45.0 Å². The first kappa shape index (κ1) is 26.3. The molecule has 2 unspecified atom stereocenters. The average molecular weight is 543 g/mol. The van der Waals surface area contributed by atoms with E-state index in [9.17, 15) is 4.79 Å². The molecule has 0 radical (unpaired) electrons. The zero-order valence-corrected chi connectivity index (χ0v) is 23.3. The van der Waals surface area contributed by atoms with Gasteiger partial charge in [0, 0.05) is 49.9 Å². The van der Waals surface area contributed by atoms with Crippen molar-refractivity contribution in [2.45, 2.75) is 88.8 Å². The summed E-state index contributed by atoms with van der Waals surface area (Å²) in [6, 6.07) is 1.04. The zero-order valence-electron chi connectivity index (χ0n) is 22.5. The van der Waals surface area contributed by atoms with Crippen molar-refractivity contribution in [2.24, 2.45) is 5.41 Å². The lowest BCUT2D eigenvalue weighted by Crippen LogP contribution is -2.69. The van der Waals surface area contributed by atoms with E-state index in [0.29, 0.717) is 22.3 Å². The maximum Gasteiger partial charge on any atom is 0.259 e. The Balaban J connectivity index is 1.28. The monoisotopic (exact) mass is 542 g/mol. The third kappa shape index (κ3) is 5.15. The van der Waals surface area contributed by atoms with Gasteiger partial charge in [0.25, 0.3) is 5.91 Å². The fourth-order valence-corrected chi connectivity index (χ4v) is 7.91. The molecule has 4 fully saturated rings. The molecule has 3 saturated heterocycles. The highest BCUT2D eigenvalue weighted by molar-refractivity contribution is 6.30. The highest BCUT2D eigenvalue weighted by Crippen LogP contribution is 2.43. The number of halogens is 1.